The summed E-state index contributed by atoms with van der Waals surface area (Å²) in [6, 6.07) is 12.9. The summed E-state index contributed by atoms with van der Waals surface area (Å²) in [6.07, 6.45) is 2.60. The van der Waals surface area contributed by atoms with Crippen molar-refractivity contribution in [1.29, 1.82) is 0 Å². The molecule has 0 saturated carbocycles. The summed E-state index contributed by atoms with van der Waals surface area (Å²) in [5, 5.41) is 9.05. The maximum Gasteiger partial charge on any atom is 0.220 e. The topological polar surface area (TPSA) is 115 Å². The van der Waals surface area contributed by atoms with Crippen molar-refractivity contribution in [3.63, 3.8) is 0 Å². The third kappa shape index (κ3) is 7.63. The third-order valence-corrected chi connectivity index (χ3v) is 7.46. The molecule has 1 aliphatic rings. The summed E-state index contributed by atoms with van der Waals surface area (Å²) >= 11 is 0. The summed E-state index contributed by atoms with van der Waals surface area (Å²) in [6.45, 7) is 2.33. The lowest BCUT2D eigenvalue weighted by molar-refractivity contribution is -0.121. The van der Waals surface area contributed by atoms with Gasteiger partial charge in [0.15, 0.2) is 11.5 Å². The van der Waals surface area contributed by atoms with Crippen LogP contribution in [0.15, 0.2) is 53.3 Å². The Balaban J connectivity index is 1.52. The van der Waals surface area contributed by atoms with Crippen LogP contribution in [0.4, 0.5) is 10.1 Å². The molecule has 0 unspecified atom stereocenters. The van der Waals surface area contributed by atoms with E-state index in [1.54, 1.807) is 45.6 Å². The number of benzene rings is 2. The molecule has 10 heteroatoms. The predicted molar refractivity (Wildman–Crippen MR) is 164 cm³/mol. The van der Waals surface area contributed by atoms with Crippen LogP contribution >= 0.6 is 0 Å². The second-order valence-electron chi connectivity index (χ2n) is 10.4. The van der Waals surface area contributed by atoms with Crippen LogP contribution in [0, 0.1) is 5.82 Å². The Morgan fingerprint density at radius 1 is 0.953 bits per heavy atom. The fourth-order valence-corrected chi connectivity index (χ4v) is 5.41. The minimum absolute atomic E-state index is 0.0946. The molecule has 3 aromatic carbocycles. The lowest BCUT2D eigenvalue weighted by Crippen LogP contribution is -2.26. The molecule has 43 heavy (non-hydrogen) atoms. The number of methoxy groups -OCH3 is 3. The average Bonchev–Trinajstić information content (AvgIpc) is 3.23. The molecule has 3 N–H and O–H groups in total. The molecule has 228 valence electrons. The maximum atomic E-state index is 13.4. The molecule has 0 bridgehead atoms. The van der Waals surface area contributed by atoms with E-state index >= 15 is 0 Å². The molecule has 0 aromatic heterocycles. The van der Waals surface area contributed by atoms with E-state index < -0.39 is 6.04 Å². The highest BCUT2D eigenvalue weighted by Crippen LogP contribution is 2.50. The number of ether oxygens (including phenoxy) is 3. The number of carbonyl (C=O) groups is 2. The number of halogens is 1. The number of rotatable bonds is 12. The van der Waals surface area contributed by atoms with Crippen LogP contribution < -0.4 is 35.6 Å². The van der Waals surface area contributed by atoms with Crippen molar-refractivity contribution < 1.29 is 28.2 Å². The smallest absolute Gasteiger partial charge is 0.220 e. The first-order chi connectivity index (χ1) is 20.7. The van der Waals surface area contributed by atoms with Crippen molar-refractivity contribution >= 4 is 17.5 Å². The van der Waals surface area contributed by atoms with Gasteiger partial charge >= 0.3 is 0 Å². The Labute approximate surface area is 250 Å². The van der Waals surface area contributed by atoms with Crippen LogP contribution in [-0.4, -0.2) is 46.2 Å². The first-order valence-electron chi connectivity index (χ1n) is 14.3. The first-order valence-corrected chi connectivity index (χ1v) is 14.3. The Morgan fingerprint density at radius 2 is 1.70 bits per heavy atom. The highest BCUT2D eigenvalue weighted by molar-refractivity contribution is 5.83. The molecule has 0 radical (unpaired) electrons. The van der Waals surface area contributed by atoms with Gasteiger partial charge in [-0.2, -0.15) is 0 Å². The monoisotopic (exact) mass is 591 g/mol. The summed E-state index contributed by atoms with van der Waals surface area (Å²) in [4.78, 5) is 37.8. The fourth-order valence-electron chi connectivity index (χ4n) is 5.41. The van der Waals surface area contributed by atoms with Crippen molar-refractivity contribution in [1.82, 2.24) is 10.6 Å². The number of hydrogen-bond acceptors (Lipinski definition) is 7. The normalized spacial score (nSPS) is 13.6. The second-order valence-corrected chi connectivity index (χ2v) is 10.4. The van der Waals surface area contributed by atoms with Crippen molar-refractivity contribution in [2.45, 2.75) is 45.1 Å². The van der Waals surface area contributed by atoms with E-state index in [0.29, 0.717) is 67.3 Å². The van der Waals surface area contributed by atoms with Crippen LogP contribution in [0.3, 0.4) is 0 Å². The standard InChI is InChI=1S/C33H38FN3O6/c1-20(38)37-26-13-9-22-18-29(41-2)32(42-3)33(43-4)31(22)24-12-14-27(28(39)19-25(24)26)35-16-5-6-30(40)36-17-15-21-7-10-23(34)11-8-21/h7-8,10-12,14,18-19,26H,5-6,9,13,15-17H2,1-4H3,(H,35,39)(H,36,40)(H,37,38)/t26-/m0/s1. The average molecular weight is 592 g/mol. The van der Waals surface area contributed by atoms with Crippen molar-refractivity contribution in [3.8, 4) is 28.4 Å². The Kier molecular flexibility index (Phi) is 10.6. The predicted octanol–water partition coefficient (Wildman–Crippen LogP) is 4.55. The molecule has 2 amide bonds. The highest BCUT2D eigenvalue weighted by atomic mass is 19.1. The van der Waals surface area contributed by atoms with Crippen LogP contribution in [-0.2, 0) is 22.4 Å². The van der Waals surface area contributed by atoms with E-state index in [4.69, 9.17) is 14.2 Å². The Morgan fingerprint density at radius 3 is 2.37 bits per heavy atom. The number of nitrogens with one attached hydrogen (secondary N) is 3. The zero-order chi connectivity index (χ0) is 30.9. The molecule has 1 atom stereocenters. The molecule has 3 aromatic rings. The van der Waals surface area contributed by atoms with Crippen LogP contribution in [0.5, 0.6) is 17.2 Å². The maximum absolute atomic E-state index is 13.4. The largest absolute Gasteiger partial charge is 0.493 e. The minimum Gasteiger partial charge on any atom is -0.493 e. The fraction of sp³-hybridized carbons (Fsp3) is 0.364. The van der Waals surface area contributed by atoms with Crippen molar-refractivity contribution in [3.05, 3.63) is 81.3 Å². The van der Waals surface area contributed by atoms with Gasteiger partial charge in [0, 0.05) is 32.0 Å². The highest BCUT2D eigenvalue weighted by Gasteiger charge is 2.29. The summed E-state index contributed by atoms with van der Waals surface area (Å²) in [5.41, 5.74) is 4.24. The van der Waals surface area contributed by atoms with Gasteiger partial charge in [-0.05, 0) is 78.3 Å². The molecule has 1 aliphatic carbocycles. The second kappa shape index (κ2) is 14.5. The molecule has 9 nitrogen and oxygen atoms in total. The van der Waals surface area contributed by atoms with E-state index in [2.05, 4.69) is 16.0 Å². The molecular formula is C33H38FN3O6. The van der Waals surface area contributed by atoms with Gasteiger partial charge in [-0.3, -0.25) is 14.4 Å². The van der Waals surface area contributed by atoms with Gasteiger partial charge in [0.25, 0.3) is 0 Å². The van der Waals surface area contributed by atoms with Gasteiger partial charge in [-0.15, -0.1) is 0 Å². The van der Waals surface area contributed by atoms with Crippen LogP contribution in [0.25, 0.3) is 11.1 Å². The number of hydrogen-bond donors (Lipinski definition) is 3. The lowest BCUT2D eigenvalue weighted by atomic mass is 9.95. The summed E-state index contributed by atoms with van der Waals surface area (Å²) < 4.78 is 30.1. The third-order valence-electron chi connectivity index (χ3n) is 7.46. The molecular weight excluding hydrogens is 553 g/mol. The Hall–Kier alpha value is -4.60. The van der Waals surface area contributed by atoms with Crippen LogP contribution in [0.2, 0.25) is 0 Å². The van der Waals surface area contributed by atoms with Gasteiger partial charge in [0.05, 0.1) is 33.1 Å². The quantitative estimate of drug-likeness (QED) is 0.265. The molecule has 0 spiro atoms. The van der Waals surface area contributed by atoms with E-state index in [9.17, 15) is 18.8 Å². The molecule has 0 aliphatic heterocycles. The summed E-state index contributed by atoms with van der Waals surface area (Å²) in [7, 11) is 4.66. The number of amides is 2. The van der Waals surface area contributed by atoms with E-state index in [1.165, 1.54) is 19.1 Å². The van der Waals surface area contributed by atoms with Crippen molar-refractivity contribution in [2.75, 3.05) is 39.7 Å². The molecule has 0 heterocycles. The zero-order valence-electron chi connectivity index (χ0n) is 25.0. The van der Waals surface area contributed by atoms with Crippen LogP contribution in [0.1, 0.15) is 48.9 Å². The van der Waals surface area contributed by atoms with Gasteiger partial charge in [-0.1, -0.05) is 18.2 Å². The van der Waals surface area contributed by atoms with Gasteiger partial charge in [0.1, 0.15) is 5.82 Å². The van der Waals surface area contributed by atoms with E-state index in [-0.39, 0.29) is 29.5 Å². The SMILES string of the molecule is COc1cc2c(c(OC)c1OC)-c1ccc(NCCCC(=O)NCCc3ccc(F)cc3)c(=O)cc1[C@@H](NC(C)=O)CC2. The number of carbonyl (C=O) groups excluding carboxylic acids is 2. The number of anilines is 1. The number of fused-ring (bicyclic) bond motifs is 3. The minimum atomic E-state index is -0.395. The van der Waals surface area contributed by atoms with Crippen molar-refractivity contribution in [2.24, 2.45) is 0 Å². The van der Waals surface area contributed by atoms with Gasteiger partial charge in [-0.25, -0.2) is 4.39 Å². The summed E-state index contributed by atoms with van der Waals surface area (Å²) in [5.74, 6) is 0.877. The van der Waals surface area contributed by atoms with E-state index in [0.717, 1.165) is 22.3 Å². The molecule has 0 saturated heterocycles. The molecule has 4 rings (SSSR count). The van der Waals surface area contributed by atoms with E-state index in [1.807, 2.05) is 12.1 Å². The Bertz CT molecular complexity index is 1530. The zero-order valence-corrected chi connectivity index (χ0v) is 25.0. The first kappa shape index (κ1) is 31.3. The molecule has 0 fully saturated rings. The van der Waals surface area contributed by atoms with Gasteiger partial charge < -0.3 is 30.2 Å². The number of aryl methyl sites for hydroxylation is 1. The lowest BCUT2D eigenvalue weighted by Gasteiger charge is -2.19. The van der Waals surface area contributed by atoms with Gasteiger partial charge in [0.2, 0.25) is 23.0 Å².